The van der Waals surface area contributed by atoms with Gasteiger partial charge in [0, 0.05) is 25.1 Å². The highest BCUT2D eigenvalue weighted by atomic mass is 19.1. The Balaban J connectivity index is 1.46. The van der Waals surface area contributed by atoms with Gasteiger partial charge in [-0.25, -0.2) is 4.39 Å². The third-order valence-corrected chi connectivity index (χ3v) is 4.93. The van der Waals surface area contributed by atoms with Crippen LogP contribution in [0.2, 0.25) is 0 Å². The van der Waals surface area contributed by atoms with Gasteiger partial charge in [0.1, 0.15) is 5.82 Å². The van der Waals surface area contributed by atoms with Crippen molar-refractivity contribution in [2.24, 2.45) is 0 Å². The predicted molar refractivity (Wildman–Crippen MR) is 102 cm³/mol. The zero-order chi connectivity index (χ0) is 20.4. The molecule has 1 saturated heterocycles. The third-order valence-electron chi connectivity index (χ3n) is 4.93. The summed E-state index contributed by atoms with van der Waals surface area (Å²) in [6.07, 6.45) is 0.304. The quantitative estimate of drug-likeness (QED) is 0.634. The van der Waals surface area contributed by atoms with E-state index in [0.717, 1.165) is 5.56 Å². The molecule has 1 amide bonds. The minimum absolute atomic E-state index is 0.0197. The highest BCUT2D eigenvalue weighted by Crippen LogP contribution is 2.32. The fourth-order valence-electron chi connectivity index (χ4n) is 3.41. The Morgan fingerprint density at radius 1 is 1.14 bits per heavy atom. The van der Waals surface area contributed by atoms with Crippen LogP contribution in [0.5, 0.6) is 11.5 Å². The summed E-state index contributed by atoms with van der Waals surface area (Å²) >= 11 is 0. The lowest BCUT2D eigenvalue weighted by Crippen LogP contribution is -2.24. The first-order chi connectivity index (χ1) is 14.1. The van der Waals surface area contributed by atoms with Gasteiger partial charge >= 0.3 is 0 Å². The van der Waals surface area contributed by atoms with E-state index in [1.807, 2.05) is 18.2 Å². The van der Waals surface area contributed by atoms with Gasteiger partial charge in [0.05, 0.1) is 20.1 Å². The van der Waals surface area contributed by atoms with Gasteiger partial charge in [-0.1, -0.05) is 11.2 Å². The van der Waals surface area contributed by atoms with Crippen LogP contribution in [0.25, 0.3) is 11.4 Å². The van der Waals surface area contributed by atoms with Crippen molar-refractivity contribution in [3.05, 3.63) is 59.7 Å². The van der Waals surface area contributed by atoms with Crippen LogP contribution in [0.4, 0.5) is 4.39 Å². The normalized spacial score (nSPS) is 16.3. The zero-order valence-corrected chi connectivity index (χ0v) is 16.1. The second kappa shape index (κ2) is 7.90. The molecule has 0 aliphatic carbocycles. The predicted octanol–water partition coefficient (Wildman–Crippen LogP) is 3.41. The highest BCUT2D eigenvalue weighted by molar-refractivity contribution is 5.79. The molecule has 2 heterocycles. The summed E-state index contributed by atoms with van der Waals surface area (Å²) < 4.78 is 29.0. The van der Waals surface area contributed by atoms with E-state index < -0.39 is 0 Å². The van der Waals surface area contributed by atoms with Crippen LogP contribution in [0.15, 0.2) is 47.0 Å². The first-order valence-electron chi connectivity index (χ1n) is 9.15. The van der Waals surface area contributed by atoms with Gasteiger partial charge in [-0.2, -0.15) is 4.98 Å². The van der Waals surface area contributed by atoms with Crippen LogP contribution in [-0.2, 0) is 11.3 Å². The summed E-state index contributed by atoms with van der Waals surface area (Å²) in [6.45, 7) is 0.937. The molecule has 0 bridgehead atoms. The fraction of sp³-hybridized carbons (Fsp3) is 0.286. The van der Waals surface area contributed by atoms with Crippen molar-refractivity contribution in [2.45, 2.75) is 18.9 Å². The first-order valence-corrected chi connectivity index (χ1v) is 9.15. The standard InChI is InChI=1S/C21H20FN3O4/c1-27-17-8-3-13(9-18(17)28-2)11-25-12-15(10-19(25)26)21-23-20(24-29-21)14-4-6-16(22)7-5-14/h3-9,15H,10-12H2,1-2H3. The van der Waals surface area contributed by atoms with Crippen molar-refractivity contribution >= 4 is 5.91 Å². The van der Waals surface area contributed by atoms with E-state index in [1.54, 1.807) is 31.3 Å². The molecule has 1 atom stereocenters. The van der Waals surface area contributed by atoms with Crippen molar-refractivity contribution in [1.82, 2.24) is 15.0 Å². The minimum Gasteiger partial charge on any atom is -0.493 e. The second-order valence-corrected chi connectivity index (χ2v) is 6.83. The van der Waals surface area contributed by atoms with Crippen LogP contribution in [0, 0.1) is 5.82 Å². The van der Waals surface area contributed by atoms with E-state index in [1.165, 1.54) is 12.1 Å². The monoisotopic (exact) mass is 397 g/mol. The Morgan fingerprint density at radius 3 is 2.62 bits per heavy atom. The maximum absolute atomic E-state index is 13.1. The van der Waals surface area contributed by atoms with E-state index >= 15 is 0 Å². The number of ether oxygens (including phenoxy) is 2. The molecule has 150 valence electrons. The van der Waals surface area contributed by atoms with Gasteiger partial charge in [-0.15, -0.1) is 0 Å². The molecule has 4 rings (SSSR count). The number of carbonyl (C=O) groups excluding carboxylic acids is 1. The Kier molecular flexibility index (Phi) is 5.16. The van der Waals surface area contributed by atoms with E-state index in [4.69, 9.17) is 14.0 Å². The SMILES string of the molecule is COc1ccc(CN2CC(c3nc(-c4ccc(F)cc4)no3)CC2=O)cc1OC. The molecule has 1 aliphatic heterocycles. The topological polar surface area (TPSA) is 77.7 Å². The van der Waals surface area contributed by atoms with Gasteiger partial charge in [-0.05, 0) is 42.0 Å². The smallest absolute Gasteiger partial charge is 0.232 e. The minimum atomic E-state index is -0.329. The Morgan fingerprint density at radius 2 is 1.90 bits per heavy atom. The van der Waals surface area contributed by atoms with Crippen molar-refractivity contribution in [1.29, 1.82) is 0 Å². The Labute approximate surface area is 167 Å². The Bertz CT molecular complexity index is 1020. The third kappa shape index (κ3) is 3.91. The van der Waals surface area contributed by atoms with Crippen LogP contribution in [-0.4, -0.2) is 41.7 Å². The molecule has 0 spiro atoms. The number of halogens is 1. The van der Waals surface area contributed by atoms with E-state index in [2.05, 4.69) is 10.1 Å². The summed E-state index contributed by atoms with van der Waals surface area (Å²) in [5.74, 6) is 1.56. The lowest BCUT2D eigenvalue weighted by Gasteiger charge is -2.17. The van der Waals surface area contributed by atoms with E-state index in [0.29, 0.717) is 48.3 Å². The second-order valence-electron chi connectivity index (χ2n) is 6.83. The van der Waals surface area contributed by atoms with Crippen LogP contribution in [0.1, 0.15) is 23.8 Å². The molecule has 8 heteroatoms. The summed E-state index contributed by atoms with van der Waals surface area (Å²) in [5, 5.41) is 3.97. The van der Waals surface area contributed by atoms with Crippen molar-refractivity contribution < 1.29 is 23.2 Å². The van der Waals surface area contributed by atoms with Crippen LogP contribution < -0.4 is 9.47 Å². The summed E-state index contributed by atoms with van der Waals surface area (Å²) in [7, 11) is 3.16. The molecule has 0 N–H and O–H groups in total. The molecular weight excluding hydrogens is 377 g/mol. The first kappa shape index (κ1) is 18.9. The molecule has 1 unspecified atom stereocenters. The van der Waals surface area contributed by atoms with Crippen molar-refractivity contribution in [3.63, 3.8) is 0 Å². The largest absolute Gasteiger partial charge is 0.493 e. The van der Waals surface area contributed by atoms with Crippen molar-refractivity contribution in [3.8, 4) is 22.9 Å². The average Bonchev–Trinajstić information content (AvgIpc) is 3.36. The molecule has 3 aromatic rings. The van der Waals surface area contributed by atoms with Gasteiger partial charge in [0.2, 0.25) is 17.6 Å². The van der Waals surface area contributed by atoms with Crippen molar-refractivity contribution in [2.75, 3.05) is 20.8 Å². The lowest BCUT2D eigenvalue weighted by molar-refractivity contribution is -0.128. The number of nitrogens with zero attached hydrogens (tertiary/aromatic N) is 3. The zero-order valence-electron chi connectivity index (χ0n) is 16.1. The lowest BCUT2D eigenvalue weighted by atomic mass is 10.1. The maximum Gasteiger partial charge on any atom is 0.232 e. The number of likely N-dealkylation sites (tertiary alicyclic amines) is 1. The molecule has 0 saturated carbocycles. The summed E-state index contributed by atoms with van der Waals surface area (Å²) in [5.41, 5.74) is 1.60. The highest BCUT2D eigenvalue weighted by Gasteiger charge is 2.34. The van der Waals surface area contributed by atoms with Crippen LogP contribution >= 0.6 is 0 Å². The number of hydrogen-bond donors (Lipinski definition) is 0. The van der Waals surface area contributed by atoms with E-state index in [-0.39, 0.29) is 17.6 Å². The molecule has 1 aromatic heterocycles. The number of hydrogen-bond acceptors (Lipinski definition) is 6. The van der Waals surface area contributed by atoms with Crippen LogP contribution in [0.3, 0.4) is 0 Å². The number of amides is 1. The number of benzene rings is 2. The number of aromatic nitrogens is 2. The molecule has 29 heavy (non-hydrogen) atoms. The summed E-state index contributed by atoms with van der Waals surface area (Å²) in [4.78, 5) is 18.7. The number of rotatable bonds is 6. The molecule has 0 radical (unpaired) electrons. The van der Waals surface area contributed by atoms with Gasteiger partial charge in [0.25, 0.3) is 0 Å². The van der Waals surface area contributed by atoms with Gasteiger partial charge < -0.3 is 18.9 Å². The molecule has 1 aliphatic rings. The number of methoxy groups -OCH3 is 2. The molecule has 2 aromatic carbocycles. The fourth-order valence-corrected chi connectivity index (χ4v) is 3.41. The number of carbonyl (C=O) groups is 1. The Hall–Kier alpha value is -3.42. The van der Waals surface area contributed by atoms with E-state index in [9.17, 15) is 9.18 Å². The summed E-state index contributed by atoms with van der Waals surface area (Å²) in [6, 6.07) is 11.4. The molecular formula is C21H20FN3O4. The molecule has 7 nitrogen and oxygen atoms in total. The van der Waals surface area contributed by atoms with Gasteiger partial charge in [0.15, 0.2) is 11.5 Å². The van der Waals surface area contributed by atoms with Gasteiger partial charge in [-0.3, -0.25) is 4.79 Å². The molecule has 1 fully saturated rings. The maximum atomic E-state index is 13.1. The average molecular weight is 397 g/mol.